The molecule has 0 saturated heterocycles. The van der Waals surface area contributed by atoms with Crippen LogP contribution in [0, 0.1) is 3.57 Å². The standard InChI is InChI=1S/C8H4ClIN2O/c9-8(13)6-4(10)1-2-5-7(6)12-3-11-5/h1-3H,(H,11,12). The van der Waals surface area contributed by atoms with Crippen LogP contribution in [0.3, 0.4) is 0 Å². The van der Waals surface area contributed by atoms with Gasteiger partial charge in [0, 0.05) is 3.57 Å². The molecule has 2 rings (SSSR count). The highest BCUT2D eigenvalue weighted by atomic mass is 127. The van der Waals surface area contributed by atoms with Gasteiger partial charge in [0.15, 0.2) is 0 Å². The lowest BCUT2D eigenvalue weighted by atomic mass is 10.2. The van der Waals surface area contributed by atoms with Crippen LogP contribution in [0.4, 0.5) is 0 Å². The first-order valence-electron chi connectivity index (χ1n) is 3.51. The Hall–Kier alpha value is -0.620. The molecule has 0 aliphatic carbocycles. The molecule has 0 amide bonds. The van der Waals surface area contributed by atoms with Gasteiger partial charge in [0.25, 0.3) is 5.24 Å². The molecule has 0 spiro atoms. The maximum Gasteiger partial charge on any atom is 0.255 e. The highest BCUT2D eigenvalue weighted by molar-refractivity contribution is 14.1. The number of carbonyl (C=O) groups excluding carboxylic acids is 1. The molecule has 0 aliphatic rings. The Morgan fingerprint density at radius 2 is 2.31 bits per heavy atom. The van der Waals surface area contributed by atoms with Crippen molar-refractivity contribution in [3.8, 4) is 0 Å². The van der Waals surface area contributed by atoms with Crippen LogP contribution in [0.15, 0.2) is 18.5 Å². The fourth-order valence-electron chi connectivity index (χ4n) is 1.17. The molecule has 0 unspecified atom stereocenters. The molecule has 0 radical (unpaired) electrons. The number of aromatic amines is 1. The normalized spacial score (nSPS) is 10.6. The first-order valence-corrected chi connectivity index (χ1v) is 4.97. The number of hydrogen-bond donors (Lipinski definition) is 1. The molecule has 2 aromatic rings. The van der Waals surface area contributed by atoms with Crippen LogP contribution in [0.5, 0.6) is 0 Å². The number of H-pyrrole nitrogens is 1. The smallest absolute Gasteiger partial charge is 0.255 e. The van der Waals surface area contributed by atoms with E-state index in [1.807, 2.05) is 12.1 Å². The molecule has 0 saturated carbocycles. The van der Waals surface area contributed by atoms with Crippen LogP contribution < -0.4 is 0 Å². The number of hydrogen-bond acceptors (Lipinski definition) is 2. The number of benzene rings is 1. The van der Waals surface area contributed by atoms with Gasteiger partial charge in [-0.05, 0) is 46.3 Å². The van der Waals surface area contributed by atoms with E-state index < -0.39 is 5.24 Å². The van der Waals surface area contributed by atoms with E-state index in [1.165, 1.54) is 0 Å². The van der Waals surface area contributed by atoms with Gasteiger partial charge in [0.1, 0.15) is 5.52 Å². The van der Waals surface area contributed by atoms with Crippen LogP contribution in [-0.2, 0) is 0 Å². The zero-order valence-electron chi connectivity index (χ0n) is 6.34. The van der Waals surface area contributed by atoms with Gasteiger partial charge < -0.3 is 4.98 Å². The summed E-state index contributed by atoms with van der Waals surface area (Å²) in [6.07, 6.45) is 1.55. The number of nitrogens with zero attached hydrogens (tertiary/aromatic N) is 1. The molecular formula is C8H4ClIN2O. The Bertz CT molecular complexity index is 480. The molecule has 13 heavy (non-hydrogen) atoms. The SMILES string of the molecule is O=C(Cl)c1c(I)ccc2[nH]cnc12. The molecule has 0 bridgehead atoms. The fourth-order valence-corrected chi connectivity index (χ4v) is 2.20. The quantitative estimate of drug-likeness (QED) is 0.650. The summed E-state index contributed by atoms with van der Waals surface area (Å²) in [5.41, 5.74) is 1.93. The molecule has 0 fully saturated rings. The summed E-state index contributed by atoms with van der Waals surface area (Å²) in [6.45, 7) is 0. The highest BCUT2D eigenvalue weighted by Crippen LogP contribution is 2.22. The van der Waals surface area contributed by atoms with E-state index in [2.05, 4.69) is 32.6 Å². The molecule has 1 aromatic carbocycles. The second-order valence-corrected chi connectivity index (χ2v) is 4.00. The lowest BCUT2D eigenvalue weighted by molar-refractivity contribution is 0.108. The minimum Gasteiger partial charge on any atom is -0.345 e. The van der Waals surface area contributed by atoms with Crippen molar-refractivity contribution < 1.29 is 4.79 Å². The molecule has 1 heterocycles. The molecule has 66 valence electrons. The summed E-state index contributed by atoms with van der Waals surface area (Å²) in [6, 6.07) is 3.70. The summed E-state index contributed by atoms with van der Waals surface area (Å²) >= 11 is 7.51. The Balaban J connectivity index is 2.88. The van der Waals surface area contributed by atoms with E-state index in [0.717, 1.165) is 9.09 Å². The Kier molecular flexibility index (Phi) is 2.25. The van der Waals surface area contributed by atoms with Crippen molar-refractivity contribution in [3.05, 3.63) is 27.6 Å². The van der Waals surface area contributed by atoms with Crippen LogP contribution in [-0.4, -0.2) is 15.2 Å². The van der Waals surface area contributed by atoms with Gasteiger partial charge in [-0.3, -0.25) is 4.79 Å². The van der Waals surface area contributed by atoms with Gasteiger partial charge in [-0.15, -0.1) is 0 Å². The summed E-state index contributed by atoms with van der Waals surface area (Å²) in [7, 11) is 0. The Morgan fingerprint density at radius 1 is 1.54 bits per heavy atom. The van der Waals surface area contributed by atoms with Crippen molar-refractivity contribution in [2.75, 3.05) is 0 Å². The number of rotatable bonds is 1. The second-order valence-electron chi connectivity index (χ2n) is 2.49. The maximum atomic E-state index is 11.1. The zero-order valence-corrected chi connectivity index (χ0v) is 9.26. The summed E-state index contributed by atoms with van der Waals surface area (Å²) < 4.78 is 0.817. The highest BCUT2D eigenvalue weighted by Gasteiger charge is 2.13. The molecule has 1 N–H and O–H groups in total. The van der Waals surface area contributed by atoms with E-state index in [1.54, 1.807) is 6.33 Å². The van der Waals surface area contributed by atoms with Crippen LogP contribution >= 0.6 is 34.2 Å². The molecular weight excluding hydrogens is 302 g/mol. The van der Waals surface area contributed by atoms with Gasteiger partial charge in [0.05, 0.1) is 17.4 Å². The minimum atomic E-state index is -0.470. The first-order chi connectivity index (χ1) is 6.20. The summed E-state index contributed by atoms with van der Waals surface area (Å²) in [5.74, 6) is 0. The summed E-state index contributed by atoms with van der Waals surface area (Å²) in [5, 5.41) is -0.470. The van der Waals surface area contributed by atoms with Gasteiger partial charge in [-0.1, -0.05) is 0 Å². The predicted octanol–water partition coefficient (Wildman–Crippen LogP) is 2.55. The van der Waals surface area contributed by atoms with E-state index in [4.69, 9.17) is 11.6 Å². The molecule has 1 aromatic heterocycles. The molecule has 0 aliphatic heterocycles. The van der Waals surface area contributed by atoms with E-state index >= 15 is 0 Å². The number of halogens is 2. The van der Waals surface area contributed by atoms with Crippen LogP contribution in [0.2, 0.25) is 0 Å². The van der Waals surface area contributed by atoms with Gasteiger partial charge in [0.2, 0.25) is 0 Å². The van der Waals surface area contributed by atoms with Gasteiger partial charge >= 0.3 is 0 Å². The average Bonchev–Trinajstić information content (AvgIpc) is 2.50. The number of nitrogens with one attached hydrogen (secondary N) is 1. The van der Waals surface area contributed by atoms with Crippen molar-refractivity contribution in [2.45, 2.75) is 0 Å². The number of fused-ring (bicyclic) bond motifs is 1. The Morgan fingerprint density at radius 3 is 3.00 bits per heavy atom. The summed E-state index contributed by atoms with van der Waals surface area (Å²) in [4.78, 5) is 18.0. The average molecular weight is 306 g/mol. The maximum absolute atomic E-state index is 11.1. The van der Waals surface area contributed by atoms with E-state index in [9.17, 15) is 4.79 Å². The number of imidazole rings is 1. The van der Waals surface area contributed by atoms with Crippen molar-refractivity contribution >= 4 is 50.5 Å². The lowest BCUT2D eigenvalue weighted by Crippen LogP contribution is -1.94. The van der Waals surface area contributed by atoms with Crippen molar-refractivity contribution in [1.29, 1.82) is 0 Å². The minimum absolute atomic E-state index is 0.470. The molecule has 5 heteroatoms. The predicted molar refractivity (Wildman–Crippen MR) is 59.0 cm³/mol. The van der Waals surface area contributed by atoms with Gasteiger partial charge in [-0.25, -0.2) is 4.98 Å². The Labute approximate surface area is 92.6 Å². The largest absolute Gasteiger partial charge is 0.345 e. The third-order valence-electron chi connectivity index (χ3n) is 1.74. The van der Waals surface area contributed by atoms with Crippen LogP contribution in [0.25, 0.3) is 11.0 Å². The third-order valence-corrected chi connectivity index (χ3v) is 2.83. The topological polar surface area (TPSA) is 45.8 Å². The van der Waals surface area contributed by atoms with E-state index in [0.29, 0.717) is 11.1 Å². The molecule has 3 nitrogen and oxygen atoms in total. The second kappa shape index (κ2) is 3.26. The van der Waals surface area contributed by atoms with Crippen molar-refractivity contribution in [1.82, 2.24) is 9.97 Å². The lowest BCUT2D eigenvalue weighted by Gasteiger charge is -1.98. The van der Waals surface area contributed by atoms with Gasteiger partial charge in [-0.2, -0.15) is 0 Å². The number of carbonyl (C=O) groups is 1. The zero-order chi connectivity index (χ0) is 9.42. The first kappa shape index (κ1) is 8.96. The molecule has 0 atom stereocenters. The van der Waals surface area contributed by atoms with Crippen LogP contribution in [0.1, 0.15) is 10.4 Å². The third kappa shape index (κ3) is 1.44. The van der Waals surface area contributed by atoms with Crippen molar-refractivity contribution in [3.63, 3.8) is 0 Å². The van der Waals surface area contributed by atoms with E-state index in [-0.39, 0.29) is 0 Å². The van der Waals surface area contributed by atoms with Crippen molar-refractivity contribution in [2.24, 2.45) is 0 Å². The number of aromatic nitrogens is 2. The fraction of sp³-hybridized carbons (Fsp3) is 0. The monoisotopic (exact) mass is 306 g/mol.